The van der Waals surface area contributed by atoms with Crippen molar-refractivity contribution in [3.63, 3.8) is 0 Å². The summed E-state index contributed by atoms with van der Waals surface area (Å²) in [5, 5.41) is 6.02. The quantitative estimate of drug-likeness (QED) is 0.866. The van der Waals surface area contributed by atoms with Gasteiger partial charge in [-0.05, 0) is 38.1 Å². The summed E-state index contributed by atoms with van der Waals surface area (Å²) >= 11 is 0. The predicted octanol–water partition coefficient (Wildman–Crippen LogP) is 3.26. The van der Waals surface area contributed by atoms with Gasteiger partial charge < -0.3 is 20.3 Å². The van der Waals surface area contributed by atoms with Gasteiger partial charge in [-0.2, -0.15) is 0 Å². The van der Waals surface area contributed by atoms with Crippen LogP contribution >= 0.6 is 0 Å². The Balaban J connectivity index is 1.80. The largest absolute Gasteiger partial charge is 0.492 e. The summed E-state index contributed by atoms with van der Waals surface area (Å²) in [6.45, 7) is 4.46. The van der Waals surface area contributed by atoms with Gasteiger partial charge in [-0.1, -0.05) is 24.3 Å². The Morgan fingerprint density at radius 2 is 1.96 bits per heavy atom. The van der Waals surface area contributed by atoms with Gasteiger partial charge in [-0.3, -0.25) is 9.59 Å². The predicted molar refractivity (Wildman–Crippen MR) is 103 cm³/mol. The van der Waals surface area contributed by atoms with Crippen LogP contribution in [-0.4, -0.2) is 31.0 Å². The number of carbonyl (C=O) groups excluding carboxylic acids is 2. The molecular weight excluding hydrogens is 330 g/mol. The van der Waals surface area contributed by atoms with Gasteiger partial charge in [0, 0.05) is 12.5 Å². The molecule has 2 N–H and O–H groups in total. The van der Waals surface area contributed by atoms with Gasteiger partial charge in [0.1, 0.15) is 5.75 Å². The number of carbonyl (C=O) groups is 2. The Hall–Kier alpha value is -3.02. The average molecular weight is 353 g/mol. The maximum Gasteiger partial charge on any atom is 0.246 e. The number of hydrogen-bond donors (Lipinski definition) is 2. The molecule has 136 valence electrons. The van der Waals surface area contributed by atoms with Crippen molar-refractivity contribution < 1.29 is 14.3 Å². The van der Waals surface area contributed by atoms with Gasteiger partial charge in [-0.15, -0.1) is 0 Å². The van der Waals surface area contributed by atoms with Crippen LogP contribution in [0.3, 0.4) is 0 Å². The van der Waals surface area contributed by atoms with Gasteiger partial charge in [0.2, 0.25) is 11.8 Å². The zero-order chi connectivity index (χ0) is 18.5. The highest BCUT2D eigenvalue weighted by atomic mass is 16.5. The van der Waals surface area contributed by atoms with E-state index in [4.69, 9.17) is 4.74 Å². The van der Waals surface area contributed by atoms with E-state index in [2.05, 4.69) is 10.6 Å². The molecule has 0 saturated carbocycles. The molecule has 1 atom stereocenters. The van der Waals surface area contributed by atoms with Gasteiger partial charge in [0.15, 0.2) is 0 Å². The van der Waals surface area contributed by atoms with Crippen molar-refractivity contribution in [3.8, 4) is 5.75 Å². The van der Waals surface area contributed by atoms with E-state index < -0.39 is 0 Å². The molecule has 1 heterocycles. The van der Waals surface area contributed by atoms with Crippen LogP contribution < -0.4 is 20.3 Å². The van der Waals surface area contributed by atoms with Crippen LogP contribution in [0.4, 0.5) is 17.1 Å². The third-order valence-corrected chi connectivity index (χ3v) is 4.24. The van der Waals surface area contributed by atoms with Crippen LogP contribution in [0.5, 0.6) is 5.75 Å². The van der Waals surface area contributed by atoms with Crippen molar-refractivity contribution in [1.82, 2.24) is 0 Å². The molecule has 0 radical (unpaired) electrons. The number of ether oxygens (including phenoxy) is 1. The maximum atomic E-state index is 13.0. The molecule has 1 aliphatic rings. The van der Waals surface area contributed by atoms with Gasteiger partial charge in [0.25, 0.3) is 0 Å². The van der Waals surface area contributed by atoms with Crippen molar-refractivity contribution in [2.24, 2.45) is 0 Å². The molecule has 0 aromatic heterocycles. The smallest absolute Gasteiger partial charge is 0.246 e. The lowest BCUT2D eigenvalue weighted by atomic mass is 10.1. The minimum absolute atomic E-state index is 0.0881. The van der Waals surface area contributed by atoms with E-state index in [1.165, 1.54) is 0 Å². The molecule has 1 unspecified atom stereocenters. The number of fused-ring (bicyclic) bond motifs is 1. The number of anilines is 3. The molecule has 1 aliphatic heterocycles. The molecule has 26 heavy (non-hydrogen) atoms. The lowest BCUT2D eigenvalue weighted by molar-refractivity contribution is -0.118. The third kappa shape index (κ3) is 3.79. The SMILES string of the molecule is CCOc1ccccc1NCC(=O)N1c2ccccc2NC(=O)CC1C. The van der Waals surface area contributed by atoms with E-state index in [9.17, 15) is 9.59 Å². The van der Waals surface area contributed by atoms with E-state index in [1.54, 1.807) is 4.90 Å². The highest BCUT2D eigenvalue weighted by Crippen LogP contribution is 2.31. The average Bonchev–Trinajstić information content (AvgIpc) is 2.75. The molecule has 6 nitrogen and oxygen atoms in total. The molecule has 0 saturated heterocycles. The fourth-order valence-corrected chi connectivity index (χ4v) is 3.12. The van der Waals surface area contributed by atoms with Crippen LogP contribution in [0.15, 0.2) is 48.5 Å². The van der Waals surface area contributed by atoms with Crippen molar-refractivity contribution >= 4 is 28.9 Å². The van der Waals surface area contributed by atoms with E-state index in [-0.39, 0.29) is 30.8 Å². The molecule has 6 heteroatoms. The van der Waals surface area contributed by atoms with E-state index >= 15 is 0 Å². The first-order valence-corrected chi connectivity index (χ1v) is 8.76. The lowest BCUT2D eigenvalue weighted by Gasteiger charge is -2.28. The molecule has 3 rings (SSSR count). The van der Waals surface area contributed by atoms with Crippen molar-refractivity contribution in [2.75, 3.05) is 28.7 Å². The summed E-state index contributed by atoms with van der Waals surface area (Å²) in [6.07, 6.45) is 0.260. The molecule has 0 bridgehead atoms. The van der Waals surface area contributed by atoms with Crippen molar-refractivity contribution in [1.29, 1.82) is 0 Å². The second-order valence-corrected chi connectivity index (χ2v) is 6.16. The van der Waals surface area contributed by atoms with Crippen LogP contribution in [0.25, 0.3) is 0 Å². The number of hydrogen-bond acceptors (Lipinski definition) is 4. The monoisotopic (exact) mass is 353 g/mol. The minimum atomic E-state index is -0.227. The van der Waals surface area contributed by atoms with E-state index in [0.29, 0.717) is 18.0 Å². The van der Waals surface area contributed by atoms with Gasteiger partial charge >= 0.3 is 0 Å². The Morgan fingerprint density at radius 1 is 1.23 bits per heavy atom. The van der Waals surface area contributed by atoms with Gasteiger partial charge in [0.05, 0.1) is 30.2 Å². The van der Waals surface area contributed by atoms with E-state index in [0.717, 1.165) is 11.4 Å². The second kappa shape index (κ2) is 7.91. The molecule has 0 spiro atoms. The third-order valence-electron chi connectivity index (χ3n) is 4.24. The van der Waals surface area contributed by atoms with Crippen LogP contribution in [0.2, 0.25) is 0 Å². The highest BCUT2D eigenvalue weighted by Gasteiger charge is 2.29. The van der Waals surface area contributed by atoms with Crippen LogP contribution in [-0.2, 0) is 9.59 Å². The van der Waals surface area contributed by atoms with Gasteiger partial charge in [-0.25, -0.2) is 0 Å². The van der Waals surface area contributed by atoms with Crippen LogP contribution in [0.1, 0.15) is 20.3 Å². The zero-order valence-corrected chi connectivity index (χ0v) is 15.0. The highest BCUT2D eigenvalue weighted by molar-refractivity contribution is 6.05. The fourth-order valence-electron chi connectivity index (χ4n) is 3.12. The number of amides is 2. The fraction of sp³-hybridized carbons (Fsp3) is 0.300. The second-order valence-electron chi connectivity index (χ2n) is 6.16. The maximum absolute atomic E-state index is 13.0. The first kappa shape index (κ1) is 17.8. The summed E-state index contributed by atoms with van der Waals surface area (Å²) in [5.74, 6) is 0.520. The first-order valence-electron chi connectivity index (χ1n) is 8.76. The van der Waals surface area contributed by atoms with Crippen LogP contribution in [0, 0.1) is 0 Å². The molecule has 0 fully saturated rings. The summed E-state index contributed by atoms with van der Waals surface area (Å²) in [7, 11) is 0. The topological polar surface area (TPSA) is 70.7 Å². The van der Waals surface area contributed by atoms with Crippen molar-refractivity contribution in [2.45, 2.75) is 26.3 Å². The zero-order valence-electron chi connectivity index (χ0n) is 15.0. The Morgan fingerprint density at radius 3 is 2.77 bits per heavy atom. The minimum Gasteiger partial charge on any atom is -0.492 e. The molecule has 2 amide bonds. The number of nitrogens with zero attached hydrogens (tertiary/aromatic N) is 1. The number of rotatable bonds is 5. The molecular formula is C20H23N3O3. The summed E-state index contributed by atoms with van der Waals surface area (Å²) in [6, 6.07) is 14.7. The summed E-state index contributed by atoms with van der Waals surface area (Å²) < 4.78 is 5.58. The first-order chi connectivity index (χ1) is 12.6. The number of benzene rings is 2. The Kier molecular flexibility index (Phi) is 5.41. The lowest BCUT2D eigenvalue weighted by Crippen LogP contribution is -2.42. The Labute approximate surface area is 153 Å². The molecule has 2 aromatic carbocycles. The normalized spacial score (nSPS) is 16.3. The Bertz CT molecular complexity index is 806. The standard InChI is InChI=1S/C20H23N3O3/c1-3-26-18-11-7-5-9-16(18)21-13-20(25)23-14(2)12-19(24)22-15-8-4-6-10-17(15)23/h4-11,14,21H,3,12-13H2,1-2H3,(H,22,24). The summed E-state index contributed by atoms with van der Waals surface area (Å²) in [5.41, 5.74) is 2.15. The summed E-state index contributed by atoms with van der Waals surface area (Å²) in [4.78, 5) is 26.7. The number of nitrogens with one attached hydrogen (secondary N) is 2. The van der Waals surface area contributed by atoms with Crippen molar-refractivity contribution in [3.05, 3.63) is 48.5 Å². The number of para-hydroxylation sites is 4. The molecule has 2 aromatic rings. The van der Waals surface area contributed by atoms with E-state index in [1.807, 2.05) is 62.4 Å². The molecule has 0 aliphatic carbocycles.